The Labute approximate surface area is 253 Å². The molecule has 214 valence electrons. The number of methoxy groups -OCH3 is 2. The number of para-hydroxylation sites is 1. The van der Waals surface area contributed by atoms with Gasteiger partial charge < -0.3 is 19.7 Å². The summed E-state index contributed by atoms with van der Waals surface area (Å²) in [6.45, 7) is 0. The molecule has 1 N–H and O–H groups in total. The van der Waals surface area contributed by atoms with Crippen LogP contribution in [0.2, 0.25) is 5.02 Å². The number of halogens is 1. The normalized spacial score (nSPS) is 22.9. The molecule has 3 aliphatic rings. The Morgan fingerprint density at radius 2 is 1.65 bits per heavy atom. The van der Waals surface area contributed by atoms with Gasteiger partial charge in [-0.15, -0.1) is 0 Å². The second-order valence-corrected chi connectivity index (χ2v) is 11.3. The number of rotatable bonds is 6. The van der Waals surface area contributed by atoms with E-state index < -0.39 is 29.2 Å². The Morgan fingerprint density at radius 3 is 2.42 bits per heavy atom. The maximum atomic E-state index is 15.1. The van der Waals surface area contributed by atoms with E-state index in [1.807, 2.05) is 59.5 Å². The molecule has 0 radical (unpaired) electrons. The Balaban J connectivity index is 1.55. The van der Waals surface area contributed by atoms with E-state index >= 15 is 4.79 Å². The van der Waals surface area contributed by atoms with Gasteiger partial charge in [-0.05, 0) is 53.6 Å². The number of Topliss-reactive ketones (excluding diaryl/α,β-unsaturated/α-hetero) is 2. The summed E-state index contributed by atoms with van der Waals surface area (Å²) >= 11 is 6.38. The van der Waals surface area contributed by atoms with Gasteiger partial charge in [-0.2, -0.15) is 0 Å². The van der Waals surface area contributed by atoms with Crippen LogP contribution in [-0.2, 0) is 10.2 Å². The second kappa shape index (κ2) is 10.1. The number of fused-ring (bicyclic) bond motifs is 6. The molecule has 0 unspecified atom stereocenters. The first-order chi connectivity index (χ1) is 20.9. The molecule has 3 heterocycles. The van der Waals surface area contributed by atoms with Crippen molar-refractivity contribution in [3.8, 4) is 11.5 Å². The van der Waals surface area contributed by atoms with Crippen LogP contribution in [0.5, 0.6) is 11.5 Å². The number of ether oxygens (including phenoxy) is 2. The van der Waals surface area contributed by atoms with E-state index in [-0.39, 0.29) is 17.3 Å². The van der Waals surface area contributed by atoms with Gasteiger partial charge in [0.1, 0.15) is 23.0 Å². The van der Waals surface area contributed by atoms with E-state index in [1.165, 1.54) is 14.2 Å². The summed E-state index contributed by atoms with van der Waals surface area (Å²) in [5.41, 5.74) is 2.03. The number of ketones is 2. The minimum atomic E-state index is -1.44. The van der Waals surface area contributed by atoms with Crippen molar-refractivity contribution in [1.29, 1.82) is 0 Å². The molecule has 4 aromatic carbocycles. The zero-order chi connectivity index (χ0) is 29.9. The molecule has 1 saturated heterocycles. The van der Waals surface area contributed by atoms with Gasteiger partial charge in [0.25, 0.3) is 0 Å². The smallest absolute Gasteiger partial charge is 0.238 e. The zero-order valence-electron chi connectivity index (χ0n) is 23.4. The van der Waals surface area contributed by atoms with Crippen LogP contribution >= 0.6 is 11.6 Å². The van der Waals surface area contributed by atoms with Crippen molar-refractivity contribution in [3.05, 3.63) is 124 Å². The third-order valence-corrected chi connectivity index (χ3v) is 9.11. The fraction of sp³-hybridized carbons (Fsp3) is 0.171. The molecule has 3 aliphatic heterocycles. The zero-order valence-corrected chi connectivity index (χ0v) is 24.2. The van der Waals surface area contributed by atoms with Gasteiger partial charge in [-0.1, -0.05) is 72.3 Å². The quantitative estimate of drug-likeness (QED) is 0.269. The van der Waals surface area contributed by atoms with E-state index in [0.717, 1.165) is 11.3 Å². The Hall–Kier alpha value is -4.88. The molecule has 1 spiro atoms. The minimum Gasteiger partial charge on any atom is -0.497 e. The average molecular weight is 591 g/mol. The molecule has 0 bridgehead atoms. The highest BCUT2D eigenvalue weighted by Crippen LogP contribution is 2.58. The Kier molecular flexibility index (Phi) is 6.36. The molecule has 0 saturated carbocycles. The number of nitrogens with zero attached hydrogens (tertiary/aromatic N) is 1. The maximum absolute atomic E-state index is 15.1. The van der Waals surface area contributed by atoms with E-state index in [2.05, 4.69) is 5.32 Å². The summed E-state index contributed by atoms with van der Waals surface area (Å²) in [6, 6.07) is 25.0. The standard InChI is InChI=1S/C35H27ClN2O5/c1-42-23-14-16-28(43-2)24(19-23)33(40)30-31(32(39)20-8-4-3-5-9-20)38-27-15-13-22(36)18-21(27)12-17-29(38)35(30)25-10-6-7-11-26(25)37-34(35)41/h3-19,29-31H,1-2H3,(H,37,41)/t29-,30-,31+,35+/m0/s1. The maximum Gasteiger partial charge on any atom is 0.238 e. The van der Waals surface area contributed by atoms with Crippen molar-refractivity contribution in [2.24, 2.45) is 5.92 Å². The van der Waals surface area contributed by atoms with Gasteiger partial charge in [-0.25, -0.2) is 0 Å². The first-order valence-electron chi connectivity index (χ1n) is 13.9. The topological polar surface area (TPSA) is 84.9 Å². The Morgan fingerprint density at radius 1 is 0.884 bits per heavy atom. The van der Waals surface area contributed by atoms with Crippen molar-refractivity contribution >= 4 is 46.5 Å². The second-order valence-electron chi connectivity index (χ2n) is 10.9. The molecule has 4 aromatic rings. The number of hydrogen-bond acceptors (Lipinski definition) is 6. The van der Waals surface area contributed by atoms with E-state index in [9.17, 15) is 9.59 Å². The summed E-state index contributed by atoms with van der Waals surface area (Å²) in [5, 5.41) is 3.58. The fourth-order valence-electron chi connectivity index (χ4n) is 7.10. The number of carbonyl (C=O) groups is 3. The van der Waals surface area contributed by atoms with Crippen LogP contribution in [-0.4, -0.2) is 43.8 Å². The van der Waals surface area contributed by atoms with Gasteiger partial charge in [-0.3, -0.25) is 14.4 Å². The van der Waals surface area contributed by atoms with E-state index in [0.29, 0.717) is 33.3 Å². The number of amides is 1. The van der Waals surface area contributed by atoms with Crippen molar-refractivity contribution in [3.63, 3.8) is 0 Å². The molecular weight excluding hydrogens is 564 g/mol. The molecule has 1 fully saturated rings. The Bertz CT molecular complexity index is 1840. The van der Waals surface area contributed by atoms with Gasteiger partial charge in [0.05, 0.1) is 31.7 Å². The lowest BCUT2D eigenvalue weighted by atomic mass is 9.64. The summed E-state index contributed by atoms with van der Waals surface area (Å²) < 4.78 is 11.1. The van der Waals surface area contributed by atoms with E-state index in [1.54, 1.807) is 48.5 Å². The fourth-order valence-corrected chi connectivity index (χ4v) is 7.28. The molecule has 4 atom stereocenters. The number of anilines is 2. The number of benzene rings is 4. The third-order valence-electron chi connectivity index (χ3n) is 8.88. The number of nitrogens with one attached hydrogen (secondary N) is 1. The molecular formula is C35H27ClN2O5. The predicted octanol–water partition coefficient (Wildman–Crippen LogP) is 6.21. The SMILES string of the molecule is COc1ccc(OC)c(C(=O)[C@@H]2[C@H](C(=O)c3ccccc3)N3c4ccc(Cl)cc4C=C[C@H]3[C@@]23C(=O)Nc2ccccc23)c1. The van der Waals surface area contributed by atoms with Gasteiger partial charge in [0.2, 0.25) is 5.91 Å². The van der Waals surface area contributed by atoms with Crippen molar-refractivity contribution < 1.29 is 23.9 Å². The van der Waals surface area contributed by atoms with E-state index in [4.69, 9.17) is 21.1 Å². The number of hydrogen-bond donors (Lipinski definition) is 1. The summed E-state index contributed by atoms with van der Waals surface area (Å²) in [6.07, 6.45) is 3.84. The summed E-state index contributed by atoms with van der Waals surface area (Å²) in [7, 11) is 3.00. The molecule has 0 aliphatic carbocycles. The third kappa shape index (κ3) is 3.85. The monoisotopic (exact) mass is 590 g/mol. The average Bonchev–Trinajstić information content (AvgIpc) is 3.52. The lowest BCUT2D eigenvalue weighted by molar-refractivity contribution is -0.121. The molecule has 7 nitrogen and oxygen atoms in total. The van der Waals surface area contributed by atoms with Crippen LogP contribution in [0, 0.1) is 5.92 Å². The molecule has 0 aromatic heterocycles. The molecule has 43 heavy (non-hydrogen) atoms. The highest BCUT2D eigenvalue weighted by atomic mass is 35.5. The summed E-state index contributed by atoms with van der Waals surface area (Å²) in [5.74, 6) is -1.36. The molecule has 8 heteroatoms. The van der Waals surface area contributed by atoms with Crippen LogP contribution in [0.25, 0.3) is 6.08 Å². The largest absolute Gasteiger partial charge is 0.497 e. The van der Waals surface area contributed by atoms with Crippen LogP contribution in [0.3, 0.4) is 0 Å². The highest BCUT2D eigenvalue weighted by Gasteiger charge is 2.70. The molecule has 7 rings (SSSR count). The van der Waals surface area contributed by atoms with Gasteiger partial charge >= 0.3 is 0 Å². The lowest BCUT2D eigenvalue weighted by Crippen LogP contribution is -2.51. The van der Waals surface area contributed by atoms with Crippen LogP contribution in [0.15, 0.2) is 97.1 Å². The van der Waals surface area contributed by atoms with Crippen molar-refractivity contribution in [1.82, 2.24) is 0 Å². The van der Waals surface area contributed by atoms with Crippen LogP contribution in [0.1, 0.15) is 31.8 Å². The number of carbonyl (C=O) groups excluding carboxylic acids is 3. The minimum absolute atomic E-state index is 0.231. The molecule has 1 amide bonds. The van der Waals surface area contributed by atoms with Gasteiger partial charge in [0.15, 0.2) is 11.6 Å². The lowest BCUT2D eigenvalue weighted by Gasteiger charge is -2.37. The first-order valence-corrected chi connectivity index (χ1v) is 14.3. The van der Waals surface area contributed by atoms with Crippen molar-refractivity contribution in [2.45, 2.75) is 17.5 Å². The van der Waals surface area contributed by atoms with Crippen LogP contribution in [0.4, 0.5) is 11.4 Å². The predicted molar refractivity (Wildman–Crippen MR) is 165 cm³/mol. The van der Waals surface area contributed by atoms with Crippen LogP contribution < -0.4 is 19.7 Å². The summed E-state index contributed by atoms with van der Waals surface area (Å²) in [4.78, 5) is 46.3. The van der Waals surface area contributed by atoms with Gasteiger partial charge in [0, 0.05) is 22.0 Å². The van der Waals surface area contributed by atoms with Crippen molar-refractivity contribution in [2.75, 3.05) is 24.4 Å². The first kappa shape index (κ1) is 27.0. The highest BCUT2D eigenvalue weighted by molar-refractivity contribution is 6.31.